The van der Waals surface area contributed by atoms with E-state index in [0.29, 0.717) is 91.7 Å². The first-order chi connectivity index (χ1) is 32.6. The second-order valence-electron chi connectivity index (χ2n) is 17.6. The number of alkyl halides is 4. The van der Waals surface area contributed by atoms with E-state index >= 15 is 0 Å². The lowest BCUT2D eigenvalue weighted by Gasteiger charge is -2.41. The zero-order valence-corrected chi connectivity index (χ0v) is 39.0. The van der Waals surface area contributed by atoms with Gasteiger partial charge >= 0.3 is 5.97 Å². The molecule has 4 aromatic rings. The van der Waals surface area contributed by atoms with Crippen LogP contribution >= 0.6 is 23.2 Å². The van der Waals surface area contributed by atoms with Crippen molar-refractivity contribution >= 4 is 46.9 Å². The fourth-order valence-electron chi connectivity index (χ4n) is 10.2. The molecule has 2 saturated heterocycles. The number of halogens is 6. The predicted molar refractivity (Wildman–Crippen MR) is 236 cm³/mol. The van der Waals surface area contributed by atoms with Gasteiger partial charge in [-0.1, -0.05) is 40.0 Å². The van der Waals surface area contributed by atoms with Gasteiger partial charge in [0.05, 0.1) is 23.9 Å². The third-order valence-electron chi connectivity index (χ3n) is 13.5. The molecule has 4 atom stereocenters. The van der Waals surface area contributed by atoms with Gasteiger partial charge in [0.15, 0.2) is 0 Å². The van der Waals surface area contributed by atoms with Crippen LogP contribution in [-0.4, -0.2) is 113 Å². The standard InChI is InChI=1S/C26H30ClF2N5O5.C19H22ClF2N5O2/c1-32-23(24(28)29)18(30-31-32)13-39-20-8-7-17(27)16-9-11-34(25(36)14-4-2-5-15(14)26(37)38)19(22(16)20)12-33-10-3-6-21(33)35;1-26-18(19(21)22)14(24-25-26)10-29-15-5-4-12(20)11-6-7-23-13(17(11)15)9-27-8-2-3-16(27)28/h7-8,14-15,19,24H,2-6,9-13H2,1H3,(H,37,38);4-5,13,19,23H,2-3,6-10H2,1H3/t14-,15+,19+;13-/m01/s1. The summed E-state index contributed by atoms with van der Waals surface area (Å²) >= 11 is 13.0. The lowest BCUT2D eigenvalue weighted by Crippen LogP contribution is -2.48. The molecule has 2 N–H and O–H groups in total. The number of likely N-dealkylation sites (tertiary alicyclic amines) is 2. The van der Waals surface area contributed by atoms with Crippen LogP contribution in [0.5, 0.6) is 11.5 Å². The first-order valence-electron chi connectivity index (χ1n) is 22.7. The fourth-order valence-corrected chi connectivity index (χ4v) is 10.7. The van der Waals surface area contributed by atoms with Crippen LogP contribution in [0.2, 0.25) is 10.0 Å². The molecular formula is C45H52Cl2F4N10O7. The van der Waals surface area contributed by atoms with Gasteiger partial charge in [0.25, 0.3) is 12.9 Å². The SMILES string of the molecule is Cn1nnc(COc2ccc(Cl)c3c2[C@@H](CN2CCCC2=O)N(C(=O)[C@H]2CCC[C@H]2C(=O)O)CC3)c1C(F)F.Cn1nnc(COc2ccc(Cl)c3c2[C@@H](CN2CCCC2=O)NCC3)c1C(F)F. The van der Waals surface area contributed by atoms with Gasteiger partial charge in [-0.25, -0.2) is 26.9 Å². The molecule has 0 spiro atoms. The van der Waals surface area contributed by atoms with Crippen LogP contribution in [0.15, 0.2) is 24.3 Å². The van der Waals surface area contributed by atoms with Gasteiger partial charge < -0.3 is 34.6 Å². The van der Waals surface area contributed by atoms with E-state index < -0.39 is 36.7 Å². The molecule has 6 heterocycles. The van der Waals surface area contributed by atoms with Crippen LogP contribution in [-0.2, 0) is 59.3 Å². The van der Waals surface area contributed by atoms with Crippen molar-refractivity contribution in [3.8, 4) is 11.5 Å². The van der Waals surface area contributed by atoms with Crippen molar-refractivity contribution in [2.24, 2.45) is 25.9 Å². The minimum atomic E-state index is -2.79. The topological polar surface area (TPSA) is 190 Å². The van der Waals surface area contributed by atoms with Gasteiger partial charge in [-0.2, -0.15) is 0 Å². The number of carbonyl (C=O) groups excluding carboxylic acids is 3. The first-order valence-corrected chi connectivity index (χ1v) is 23.4. The Kier molecular flexibility index (Phi) is 15.1. The minimum absolute atomic E-state index is 0.0125. The number of rotatable bonds is 14. The maximum absolute atomic E-state index is 13.9. The molecule has 0 bridgehead atoms. The van der Waals surface area contributed by atoms with Gasteiger partial charge in [0.2, 0.25) is 17.7 Å². The summed E-state index contributed by atoms with van der Waals surface area (Å²) in [5.41, 5.74) is 2.68. The zero-order valence-electron chi connectivity index (χ0n) is 37.5. The van der Waals surface area contributed by atoms with Gasteiger partial charge in [0, 0.05) is 80.8 Å². The van der Waals surface area contributed by atoms with Crippen LogP contribution in [0, 0.1) is 11.8 Å². The van der Waals surface area contributed by atoms with Gasteiger partial charge in [-0.15, -0.1) is 10.2 Å². The molecule has 1 saturated carbocycles. The molecule has 2 aromatic heterocycles. The molecule has 68 heavy (non-hydrogen) atoms. The van der Waals surface area contributed by atoms with E-state index in [1.807, 2.05) is 4.90 Å². The van der Waals surface area contributed by atoms with E-state index in [0.717, 1.165) is 52.0 Å². The van der Waals surface area contributed by atoms with Crippen molar-refractivity contribution in [2.75, 3.05) is 39.3 Å². The summed E-state index contributed by atoms with van der Waals surface area (Å²) in [5, 5.41) is 29.2. The number of ether oxygens (including phenoxy) is 2. The van der Waals surface area contributed by atoms with E-state index in [9.17, 15) is 41.8 Å². The Morgan fingerprint density at radius 3 is 1.79 bits per heavy atom. The normalized spacial score (nSPS) is 21.4. The maximum atomic E-state index is 13.9. The number of aryl methyl sites for hydroxylation is 2. The van der Waals surface area contributed by atoms with Gasteiger partial charge in [-0.3, -0.25) is 19.2 Å². The fraction of sp³-hybridized carbons (Fsp3) is 0.556. The highest BCUT2D eigenvalue weighted by Crippen LogP contribution is 2.44. The molecule has 3 amide bonds. The average Bonchev–Trinajstić information content (AvgIpc) is 4.17. The number of carbonyl (C=O) groups is 4. The van der Waals surface area contributed by atoms with Crippen LogP contribution < -0.4 is 14.8 Å². The minimum Gasteiger partial charge on any atom is -0.487 e. The molecule has 5 aliphatic rings. The number of hydrogen-bond acceptors (Lipinski definition) is 11. The molecule has 17 nitrogen and oxygen atoms in total. The number of amides is 3. The summed E-state index contributed by atoms with van der Waals surface area (Å²) in [7, 11) is 2.80. The van der Waals surface area contributed by atoms with Crippen LogP contribution in [0.3, 0.4) is 0 Å². The molecule has 2 aromatic carbocycles. The zero-order chi connectivity index (χ0) is 48.4. The summed E-state index contributed by atoms with van der Waals surface area (Å²) < 4.78 is 67.7. The number of carboxylic acid groups (broad SMARTS) is 1. The largest absolute Gasteiger partial charge is 0.487 e. The Balaban J connectivity index is 0.000000192. The van der Waals surface area contributed by atoms with Gasteiger partial charge in [-0.05, 0) is 80.5 Å². The van der Waals surface area contributed by atoms with Crippen LogP contribution in [0.25, 0.3) is 0 Å². The van der Waals surface area contributed by atoms with Crippen molar-refractivity contribution in [3.63, 3.8) is 0 Å². The second kappa shape index (κ2) is 21.0. The maximum Gasteiger partial charge on any atom is 0.307 e. The molecule has 9 rings (SSSR count). The molecule has 3 fully saturated rings. The first kappa shape index (κ1) is 48.9. The van der Waals surface area contributed by atoms with Crippen molar-refractivity contribution in [2.45, 2.75) is 95.9 Å². The monoisotopic (exact) mass is 990 g/mol. The Morgan fingerprint density at radius 1 is 0.735 bits per heavy atom. The quantitative estimate of drug-likeness (QED) is 0.134. The third kappa shape index (κ3) is 10.1. The molecule has 23 heteroatoms. The lowest BCUT2D eigenvalue weighted by atomic mass is 9.88. The highest BCUT2D eigenvalue weighted by atomic mass is 35.5. The summed E-state index contributed by atoms with van der Waals surface area (Å²) in [6.45, 7) is 2.64. The number of benzene rings is 2. The molecule has 4 aliphatic heterocycles. The number of nitrogens with one attached hydrogen (secondary N) is 1. The predicted octanol–water partition coefficient (Wildman–Crippen LogP) is 6.33. The Hall–Kier alpha value is -5.54. The number of aromatic nitrogens is 6. The summed E-state index contributed by atoms with van der Waals surface area (Å²) in [6, 6.07) is 6.01. The molecular weight excluding hydrogens is 939 g/mol. The summed E-state index contributed by atoms with van der Waals surface area (Å²) in [6.07, 6.45) is -0.228. The van der Waals surface area contributed by atoms with Crippen LogP contribution in [0.1, 0.15) is 115 Å². The number of aliphatic carboxylic acids is 1. The highest BCUT2D eigenvalue weighted by Gasteiger charge is 2.45. The Bertz CT molecular complexity index is 2550. The smallest absolute Gasteiger partial charge is 0.307 e. The average molecular weight is 992 g/mol. The van der Waals surface area contributed by atoms with Crippen molar-refractivity contribution in [1.29, 1.82) is 0 Å². The third-order valence-corrected chi connectivity index (χ3v) is 14.3. The Morgan fingerprint density at radius 2 is 1.26 bits per heavy atom. The van der Waals surface area contributed by atoms with E-state index in [1.165, 1.54) is 14.1 Å². The second-order valence-corrected chi connectivity index (χ2v) is 18.4. The molecule has 0 unspecified atom stereocenters. The number of fused-ring (bicyclic) bond motifs is 2. The highest BCUT2D eigenvalue weighted by molar-refractivity contribution is 6.32. The van der Waals surface area contributed by atoms with E-state index in [-0.39, 0.29) is 66.3 Å². The van der Waals surface area contributed by atoms with E-state index in [1.54, 1.807) is 34.1 Å². The van der Waals surface area contributed by atoms with E-state index in [4.69, 9.17) is 32.7 Å². The number of hydrogen-bond donors (Lipinski definition) is 2. The van der Waals surface area contributed by atoms with Crippen molar-refractivity contribution in [1.82, 2.24) is 50.0 Å². The molecule has 366 valence electrons. The Labute approximate surface area is 399 Å². The van der Waals surface area contributed by atoms with Crippen molar-refractivity contribution in [3.05, 3.63) is 79.3 Å². The lowest BCUT2D eigenvalue weighted by molar-refractivity contribution is -0.150. The summed E-state index contributed by atoms with van der Waals surface area (Å²) in [5.74, 6) is -1.64. The number of carboxylic acids is 1. The van der Waals surface area contributed by atoms with Crippen LogP contribution in [0.4, 0.5) is 17.6 Å². The molecule has 1 aliphatic carbocycles. The number of nitrogens with zero attached hydrogens (tertiary/aromatic N) is 9. The van der Waals surface area contributed by atoms with E-state index in [2.05, 4.69) is 25.9 Å². The molecule has 0 radical (unpaired) electrons. The summed E-state index contributed by atoms with van der Waals surface area (Å²) in [4.78, 5) is 55.6. The van der Waals surface area contributed by atoms with Gasteiger partial charge in [0.1, 0.15) is 47.5 Å². The van der Waals surface area contributed by atoms with Crippen molar-refractivity contribution < 1.29 is 51.3 Å².